The van der Waals surface area contributed by atoms with Gasteiger partial charge in [-0.3, -0.25) is 9.59 Å². The molecule has 9 rings (SSSR count). The predicted octanol–water partition coefficient (Wildman–Crippen LogP) is 6.88. The molecule has 4 N–H and O–H groups in total. The lowest BCUT2D eigenvalue weighted by Crippen LogP contribution is -2.49. The van der Waals surface area contributed by atoms with Crippen LogP contribution in [0.3, 0.4) is 0 Å². The molecule has 2 aliphatic carbocycles. The molecule has 300 valence electrons. The van der Waals surface area contributed by atoms with E-state index in [9.17, 15) is 19.2 Å². The van der Waals surface area contributed by atoms with E-state index in [-0.39, 0.29) is 36.0 Å². The maximum absolute atomic E-state index is 13.6. The van der Waals surface area contributed by atoms with Crippen molar-refractivity contribution in [2.24, 2.45) is 11.8 Å². The van der Waals surface area contributed by atoms with Crippen molar-refractivity contribution in [3.63, 3.8) is 0 Å². The molecule has 2 saturated heterocycles. The Morgan fingerprint density at radius 2 is 1.07 bits per heavy atom. The summed E-state index contributed by atoms with van der Waals surface area (Å²) < 4.78 is 9.51. The molecule has 0 spiro atoms. The Morgan fingerprint density at radius 1 is 0.638 bits per heavy atom. The van der Waals surface area contributed by atoms with Crippen molar-refractivity contribution in [2.75, 3.05) is 14.2 Å². The van der Waals surface area contributed by atoms with Crippen LogP contribution in [0.25, 0.3) is 44.4 Å². The molecule has 5 aromatic rings. The summed E-state index contributed by atoms with van der Waals surface area (Å²) in [5.74, 6) is 2.24. The normalized spacial score (nSPS) is 23.8. The number of carbonyl (C=O) groups is 4. The Kier molecular flexibility index (Phi) is 9.65. The number of benzene rings is 3. The Balaban J connectivity index is 0.876. The second-order valence-electron chi connectivity index (χ2n) is 16.0. The zero-order valence-corrected chi connectivity index (χ0v) is 33.0. The summed E-state index contributed by atoms with van der Waals surface area (Å²) in [6.07, 6.45) is 7.07. The number of aromatic amines is 2. The monoisotopic (exact) mass is 784 g/mol. The molecule has 4 fully saturated rings. The van der Waals surface area contributed by atoms with Gasteiger partial charge in [0.2, 0.25) is 11.8 Å². The van der Waals surface area contributed by atoms with Crippen molar-refractivity contribution in [2.45, 2.75) is 88.6 Å². The number of piperidine rings is 2. The maximum atomic E-state index is 13.6. The maximum Gasteiger partial charge on any atom is 0.407 e. The third kappa shape index (κ3) is 6.83. The van der Waals surface area contributed by atoms with Gasteiger partial charge in [-0.05, 0) is 90.0 Å². The summed E-state index contributed by atoms with van der Waals surface area (Å²) in [5.41, 5.74) is 5.96. The van der Waals surface area contributed by atoms with Gasteiger partial charge in [-0.25, -0.2) is 19.6 Å². The van der Waals surface area contributed by atoms with E-state index in [1.807, 2.05) is 36.0 Å². The van der Waals surface area contributed by atoms with Gasteiger partial charge in [0.05, 0.1) is 50.1 Å². The first-order valence-electron chi connectivity index (χ1n) is 20.3. The van der Waals surface area contributed by atoms with E-state index in [0.29, 0.717) is 24.7 Å². The van der Waals surface area contributed by atoms with E-state index in [1.165, 1.54) is 14.2 Å². The number of nitrogens with zero attached hydrogens (tertiary/aromatic N) is 4. The van der Waals surface area contributed by atoms with E-state index in [0.717, 1.165) is 81.7 Å². The predicted molar refractivity (Wildman–Crippen MR) is 216 cm³/mol. The smallest absolute Gasteiger partial charge is 0.407 e. The number of rotatable bonds is 11. The molecule has 4 amide bonds. The van der Waals surface area contributed by atoms with Gasteiger partial charge in [-0.15, -0.1) is 0 Å². The first kappa shape index (κ1) is 37.4. The summed E-state index contributed by atoms with van der Waals surface area (Å²) in [6, 6.07) is 19.9. The second kappa shape index (κ2) is 15.0. The fraction of sp³-hybridized carbons (Fsp3) is 0.409. The zero-order chi connectivity index (χ0) is 40.2. The molecule has 14 nitrogen and oxygen atoms in total. The second-order valence-corrected chi connectivity index (χ2v) is 16.0. The molecule has 8 atom stereocenters. The molecule has 2 saturated carbocycles. The number of aromatic nitrogens is 4. The van der Waals surface area contributed by atoms with Crippen LogP contribution in [0.15, 0.2) is 73.1 Å². The molecular formula is C44H48N8O6. The SMILES string of the molecule is CC[C@H](NC(=O)OC)C(=O)N1C(c2ncc(-c3ccc(-c4ccc5cc(-c6cnc([C@@H]7C[C@H]8C[C@H]8N7C(=O)[C@H](CC)NC(=O)OC)[nH]6)ccc5c4)cc3)[nH]2)C[C@H]2C[C@H]21. The zero-order valence-electron chi connectivity index (χ0n) is 33.0. The number of carbonyl (C=O) groups excluding carboxylic acids is 4. The lowest BCUT2D eigenvalue weighted by Gasteiger charge is -2.30. The molecule has 4 heterocycles. The standard InChI is InChI=1S/C44H48N8O6/c1-5-31(49-43(55)57-3)41(53)51-35-17-29(35)19-37(51)39-45-21-33(47-39)24-9-7-23(8-10-24)25-11-12-27-16-28(14-13-26(27)15-25)34-22-46-40(48-34)38-20-30-18-36(30)52(38)42(54)32(6-2)50-44(56)58-4/h7-16,21-22,29-32,35-38H,5-6,17-20H2,1-4H3,(H,45,47)(H,46,48)(H,49,55)(H,50,56)/t29-,30-,31+,32+,35-,36-,37?,38+/m1/s1. The van der Waals surface area contributed by atoms with Crippen molar-refractivity contribution < 1.29 is 28.7 Å². The number of methoxy groups -OCH3 is 2. The molecule has 14 heteroatoms. The number of imidazole rings is 2. The minimum absolute atomic E-state index is 0.0948. The van der Waals surface area contributed by atoms with Gasteiger partial charge in [0.1, 0.15) is 23.7 Å². The Labute approximate surface area is 336 Å². The van der Waals surface area contributed by atoms with Crippen LogP contribution in [-0.2, 0) is 19.1 Å². The van der Waals surface area contributed by atoms with Crippen LogP contribution in [0.1, 0.15) is 76.1 Å². The van der Waals surface area contributed by atoms with Crippen molar-refractivity contribution in [1.29, 1.82) is 0 Å². The van der Waals surface area contributed by atoms with Gasteiger partial charge >= 0.3 is 12.2 Å². The number of amides is 4. The summed E-state index contributed by atoms with van der Waals surface area (Å²) >= 11 is 0. The summed E-state index contributed by atoms with van der Waals surface area (Å²) in [5, 5.41) is 7.59. The fourth-order valence-corrected chi connectivity index (χ4v) is 9.21. The van der Waals surface area contributed by atoms with Crippen LogP contribution in [0.2, 0.25) is 0 Å². The van der Waals surface area contributed by atoms with E-state index < -0.39 is 24.3 Å². The quantitative estimate of drug-likeness (QED) is 0.112. The van der Waals surface area contributed by atoms with Crippen molar-refractivity contribution >= 4 is 34.8 Å². The van der Waals surface area contributed by atoms with Crippen molar-refractivity contribution in [3.05, 3.63) is 84.7 Å². The van der Waals surface area contributed by atoms with Crippen LogP contribution in [0.5, 0.6) is 0 Å². The lowest BCUT2D eigenvalue weighted by molar-refractivity contribution is -0.136. The van der Waals surface area contributed by atoms with Gasteiger partial charge in [0.15, 0.2) is 0 Å². The fourth-order valence-electron chi connectivity index (χ4n) is 9.21. The van der Waals surface area contributed by atoms with Gasteiger partial charge in [0.25, 0.3) is 0 Å². The number of nitrogens with one attached hydrogen (secondary N) is 4. The topological polar surface area (TPSA) is 175 Å². The van der Waals surface area contributed by atoms with E-state index >= 15 is 0 Å². The number of fused-ring (bicyclic) bond motifs is 3. The van der Waals surface area contributed by atoms with Gasteiger partial charge in [0, 0.05) is 17.6 Å². The first-order chi connectivity index (χ1) is 28.2. The molecule has 0 radical (unpaired) electrons. The number of hydrogen-bond acceptors (Lipinski definition) is 8. The van der Waals surface area contributed by atoms with Gasteiger partial charge < -0.3 is 39.9 Å². The van der Waals surface area contributed by atoms with Gasteiger partial charge in [-0.2, -0.15) is 0 Å². The van der Waals surface area contributed by atoms with E-state index in [1.54, 1.807) is 0 Å². The Hall–Kier alpha value is -6.18. The van der Waals surface area contributed by atoms with Crippen LogP contribution < -0.4 is 10.6 Å². The number of H-pyrrole nitrogens is 2. The molecule has 58 heavy (non-hydrogen) atoms. The highest BCUT2D eigenvalue weighted by Gasteiger charge is 2.57. The number of likely N-dealkylation sites (tertiary alicyclic amines) is 2. The average molecular weight is 785 g/mol. The molecule has 3 aromatic carbocycles. The minimum Gasteiger partial charge on any atom is -0.453 e. The summed E-state index contributed by atoms with van der Waals surface area (Å²) in [4.78, 5) is 71.3. The average Bonchev–Trinajstić information content (AvgIpc) is 3.84. The number of ether oxygens (including phenoxy) is 2. The van der Waals surface area contributed by atoms with E-state index in [2.05, 4.69) is 81.3 Å². The van der Waals surface area contributed by atoms with Crippen molar-refractivity contribution in [3.8, 4) is 33.6 Å². The summed E-state index contributed by atoms with van der Waals surface area (Å²) in [7, 11) is 2.60. The van der Waals surface area contributed by atoms with Crippen molar-refractivity contribution in [1.82, 2.24) is 40.4 Å². The lowest BCUT2D eigenvalue weighted by atomic mass is 9.98. The highest BCUT2D eigenvalue weighted by atomic mass is 16.5. The first-order valence-corrected chi connectivity index (χ1v) is 20.3. The Morgan fingerprint density at radius 3 is 1.55 bits per heavy atom. The van der Waals surface area contributed by atoms with Crippen LogP contribution in [0, 0.1) is 11.8 Å². The molecular weight excluding hydrogens is 737 g/mol. The minimum atomic E-state index is -0.644. The number of alkyl carbamates (subject to hydrolysis) is 2. The Bertz CT molecular complexity index is 2390. The van der Waals surface area contributed by atoms with Gasteiger partial charge in [-0.1, -0.05) is 62.4 Å². The highest BCUT2D eigenvalue weighted by Crippen LogP contribution is 2.54. The van der Waals surface area contributed by atoms with E-state index in [4.69, 9.17) is 19.4 Å². The van der Waals surface area contributed by atoms with Crippen LogP contribution in [-0.4, -0.2) is 92.1 Å². The molecule has 4 aliphatic rings. The molecule has 2 aromatic heterocycles. The highest BCUT2D eigenvalue weighted by molar-refractivity contribution is 5.91. The third-order valence-electron chi connectivity index (χ3n) is 12.6. The number of hydrogen-bond donors (Lipinski definition) is 4. The van der Waals surface area contributed by atoms with Crippen LogP contribution >= 0.6 is 0 Å². The third-order valence-corrected chi connectivity index (χ3v) is 12.6. The molecule has 1 unspecified atom stereocenters. The largest absolute Gasteiger partial charge is 0.453 e. The molecule has 0 bridgehead atoms. The van der Waals surface area contributed by atoms with Crippen LogP contribution in [0.4, 0.5) is 9.59 Å². The molecule has 2 aliphatic heterocycles. The summed E-state index contributed by atoms with van der Waals surface area (Å²) in [6.45, 7) is 3.76.